The molecule has 21 heavy (non-hydrogen) atoms. The standard InChI is InChI=1S/C16H25N3OS/c1-11-10-14(15(16(17)21)12(2)19-11)18-8-9-20-13-6-4-3-5-7-13/h10,13H,3-9H2,1-2H3,(H2,17,21)(H,18,19). The van der Waals surface area contributed by atoms with Crippen LogP contribution in [0.1, 0.15) is 49.1 Å². The van der Waals surface area contributed by atoms with Gasteiger partial charge in [0.2, 0.25) is 0 Å². The molecule has 1 aliphatic rings. The number of aryl methyl sites for hydroxylation is 2. The number of hydrogen-bond donors (Lipinski definition) is 2. The second-order valence-corrected chi connectivity index (χ2v) is 6.13. The molecule has 0 amide bonds. The second kappa shape index (κ2) is 7.71. The molecule has 116 valence electrons. The molecule has 3 N–H and O–H groups in total. The minimum absolute atomic E-state index is 0.385. The highest BCUT2D eigenvalue weighted by molar-refractivity contribution is 7.80. The van der Waals surface area contributed by atoms with E-state index in [1.165, 1.54) is 32.1 Å². The van der Waals surface area contributed by atoms with Gasteiger partial charge in [-0.3, -0.25) is 4.98 Å². The quantitative estimate of drug-likeness (QED) is 0.625. The molecule has 0 saturated heterocycles. The van der Waals surface area contributed by atoms with Crippen LogP contribution in [0, 0.1) is 13.8 Å². The van der Waals surface area contributed by atoms with Crippen molar-refractivity contribution in [2.45, 2.75) is 52.1 Å². The van der Waals surface area contributed by atoms with E-state index in [4.69, 9.17) is 22.7 Å². The Hall–Kier alpha value is -1.20. The lowest BCUT2D eigenvalue weighted by atomic mass is 9.98. The minimum Gasteiger partial charge on any atom is -0.389 e. The number of pyridine rings is 1. The van der Waals surface area contributed by atoms with Crippen molar-refractivity contribution in [1.82, 2.24) is 4.98 Å². The minimum atomic E-state index is 0.385. The van der Waals surface area contributed by atoms with Gasteiger partial charge in [0.25, 0.3) is 0 Å². The third kappa shape index (κ3) is 4.64. The molecule has 0 radical (unpaired) electrons. The van der Waals surface area contributed by atoms with Crippen molar-refractivity contribution in [3.8, 4) is 0 Å². The van der Waals surface area contributed by atoms with Gasteiger partial charge in [-0.2, -0.15) is 0 Å². The van der Waals surface area contributed by atoms with Crippen molar-refractivity contribution >= 4 is 22.9 Å². The van der Waals surface area contributed by atoms with Crippen LogP contribution in [0.3, 0.4) is 0 Å². The summed E-state index contributed by atoms with van der Waals surface area (Å²) in [6.07, 6.45) is 6.79. The monoisotopic (exact) mass is 307 g/mol. The number of nitrogens with one attached hydrogen (secondary N) is 1. The van der Waals surface area contributed by atoms with Gasteiger partial charge in [-0.1, -0.05) is 31.5 Å². The van der Waals surface area contributed by atoms with Crippen LogP contribution in [0.5, 0.6) is 0 Å². The number of rotatable bonds is 6. The van der Waals surface area contributed by atoms with Crippen LogP contribution < -0.4 is 11.1 Å². The first kappa shape index (κ1) is 16.2. The number of nitrogens with zero attached hydrogens (tertiary/aromatic N) is 1. The van der Waals surface area contributed by atoms with E-state index < -0.39 is 0 Å². The number of aromatic nitrogens is 1. The van der Waals surface area contributed by atoms with Crippen LogP contribution in [0.15, 0.2) is 6.07 Å². The predicted octanol–water partition coefficient (Wildman–Crippen LogP) is 3.09. The Balaban J connectivity index is 1.88. The van der Waals surface area contributed by atoms with Gasteiger partial charge in [-0.05, 0) is 32.8 Å². The van der Waals surface area contributed by atoms with Crippen molar-refractivity contribution in [1.29, 1.82) is 0 Å². The normalized spacial score (nSPS) is 15.9. The van der Waals surface area contributed by atoms with E-state index in [0.29, 0.717) is 17.7 Å². The number of ether oxygens (including phenoxy) is 1. The van der Waals surface area contributed by atoms with Crippen LogP contribution >= 0.6 is 12.2 Å². The summed E-state index contributed by atoms with van der Waals surface area (Å²) in [5, 5.41) is 3.38. The average molecular weight is 307 g/mol. The average Bonchev–Trinajstić information content (AvgIpc) is 2.43. The van der Waals surface area contributed by atoms with E-state index in [2.05, 4.69) is 10.3 Å². The molecule has 0 spiro atoms. The Bertz CT molecular complexity index is 499. The van der Waals surface area contributed by atoms with Crippen molar-refractivity contribution in [2.24, 2.45) is 5.73 Å². The number of nitrogens with two attached hydrogens (primary N) is 1. The Labute approximate surface area is 132 Å². The zero-order valence-electron chi connectivity index (χ0n) is 12.9. The molecule has 0 aromatic carbocycles. The smallest absolute Gasteiger partial charge is 0.107 e. The van der Waals surface area contributed by atoms with Gasteiger partial charge in [0.05, 0.1) is 18.3 Å². The van der Waals surface area contributed by atoms with Crippen molar-refractivity contribution < 1.29 is 4.74 Å². The van der Waals surface area contributed by atoms with Crippen molar-refractivity contribution in [2.75, 3.05) is 18.5 Å². The first-order chi connectivity index (χ1) is 10.1. The molecule has 5 heteroatoms. The molecule has 2 rings (SSSR count). The summed E-state index contributed by atoms with van der Waals surface area (Å²) in [5.74, 6) is 0. The van der Waals surface area contributed by atoms with Crippen molar-refractivity contribution in [3.05, 3.63) is 23.0 Å². The molecular weight excluding hydrogens is 282 g/mol. The highest BCUT2D eigenvalue weighted by Gasteiger charge is 2.14. The zero-order chi connectivity index (χ0) is 15.2. The van der Waals surface area contributed by atoms with Gasteiger partial charge in [-0.15, -0.1) is 0 Å². The summed E-state index contributed by atoms with van der Waals surface area (Å²) in [5.41, 5.74) is 9.44. The third-order valence-electron chi connectivity index (χ3n) is 3.90. The third-order valence-corrected chi connectivity index (χ3v) is 4.10. The van der Waals surface area contributed by atoms with Crippen LogP contribution in [0.4, 0.5) is 5.69 Å². The fourth-order valence-electron chi connectivity index (χ4n) is 2.92. The lowest BCUT2D eigenvalue weighted by Gasteiger charge is -2.22. The molecule has 1 aromatic heterocycles. The number of hydrogen-bond acceptors (Lipinski definition) is 4. The molecule has 1 aliphatic carbocycles. The summed E-state index contributed by atoms with van der Waals surface area (Å²) in [4.78, 5) is 4.80. The van der Waals surface area contributed by atoms with Crippen molar-refractivity contribution in [3.63, 3.8) is 0 Å². The van der Waals surface area contributed by atoms with E-state index in [9.17, 15) is 0 Å². The Morgan fingerprint density at radius 3 is 2.76 bits per heavy atom. The molecule has 0 aliphatic heterocycles. The SMILES string of the molecule is Cc1cc(NCCOC2CCCCC2)c(C(N)=S)c(C)n1. The van der Waals surface area contributed by atoms with Gasteiger partial charge >= 0.3 is 0 Å². The molecular formula is C16H25N3OS. The maximum atomic E-state index is 5.92. The summed E-state index contributed by atoms with van der Waals surface area (Å²) in [7, 11) is 0. The van der Waals surface area contributed by atoms with E-state index in [1.54, 1.807) is 0 Å². The molecule has 4 nitrogen and oxygen atoms in total. The maximum absolute atomic E-state index is 5.92. The Morgan fingerprint density at radius 2 is 2.10 bits per heavy atom. The highest BCUT2D eigenvalue weighted by atomic mass is 32.1. The molecule has 0 bridgehead atoms. The van der Waals surface area contributed by atoms with Gasteiger partial charge in [-0.25, -0.2) is 0 Å². The molecule has 0 atom stereocenters. The van der Waals surface area contributed by atoms with Gasteiger partial charge in [0.1, 0.15) is 4.99 Å². The summed E-state index contributed by atoms with van der Waals surface area (Å²) < 4.78 is 5.92. The second-order valence-electron chi connectivity index (χ2n) is 5.69. The van der Waals surface area contributed by atoms with E-state index in [0.717, 1.165) is 29.2 Å². The van der Waals surface area contributed by atoms with Crippen LogP contribution in [-0.2, 0) is 4.74 Å². The van der Waals surface area contributed by atoms with E-state index in [-0.39, 0.29) is 0 Å². The molecule has 1 heterocycles. The van der Waals surface area contributed by atoms with Gasteiger partial charge in [0, 0.05) is 23.6 Å². The molecule has 1 fully saturated rings. The van der Waals surface area contributed by atoms with Gasteiger partial charge in [0.15, 0.2) is 0 Å². The zero-order valence-corrected chi connectivity index (χ0v) is 13.8. The molecule has 1 aromatic rings. The number of thiocarbonyl (C=S) groups is 1. The Morgan fingerprint density at radius 1 is 1.38 bits per heavy atom. The lowest BCUT2D eigenvalue weighted by Crippen LogP contribution is -2.22. The highest BCUT2D eigenvalue weighted by Crippen LogP contribution is 2.21. The first-order valence-corrected chi connectivity index (χ1v) is 8.12. The summed E-state index contributed by atoms with van der Waals surface area (Å²) in [6.45, 7) is 5.38. The summed E-state index contributed by atoms with van der Waals surface area (Å²) in [6, 6.07) is 1.99. The number of anilines is 1. The maximum Gasteiger partial charge on any atom is 0.107 e. The van der Waals surface area contributed by atoms with Crippen LogP contribution in [0.2, 0.25) is 0 Å². The van der Waals surface area contributed by atoms with E-state index >= 15 is 0 Å². The van der Waals surface area contributed by atoms with Crippen LogP contribution in [0.25, 0.3) is 0 Å². The fraction of sp³-hybridized carbons (Fsp3) is 0.625. The Kier molecular flexibility index (Phi) is 5.94. The lowest BCUT2D eigenvalue weighted by molar-refractivity contribution is 0.0347. The summed E-state index contributed by atoms with van der Waals surface area (Å²) >= 11 is 5.13. The van der Waals surface area contributed by atoms with E-state index in [1.807, 2.05) is 19.9 Å². The molecule has 1 saturated carbocycles. The fourth-order valence-corrected chi connectivity index (χ4v) is 3.18. The topological polar surface area (TPSA) is 60.2 Å². The largest absolute Gasteiger partial charge is 0.389 e. The van der Waals surface area contributed by atoms with Gasteiger partial charge < -0.3 is 15.8 Å². The molecule has 0 unspecified atom stereocenters. The first-order valence-electron chi connectivity index (χ1n) is 7.71. The van der Waals surface area contributed by atoms with Crippen LogP contribution in [-0.4, -0.2) is 29.2 Å². The predicted molar refractivity (Wildman–Crippen MR) is 90.9 cm³/mol.